The van der Waals surface area contributed by atoms with Crippen LogP contribution in [0.1, 0.15) is 31.5 Å². The molecule has 2 aromatic heterocycles. The molecule has 0 bridgehead atoms. The Morgan fingerprint density at radius 2 is 1.76 bits per heavy atom. The second-order valence-corrected chi connectivity index (χ2v) is 8.35. The van der Waals surface area contributed by atoms with Gasteiger partial charge in [-0.25, -0.2) is 4.98 Å². The van der Waals surface area contributed by atoms with Crippen molar-refractivity contribution in [2.75, 3.05) is 6.54 Å². The summed E-state index contributed by atoms with van der Waals surface area (Å²) in [5.74, 6) is 0.0391. The fourth-order valence-corrected chi connectivity index (χ4v) is 4.35. The highest BCUT2D eigenvalue weighted by molar-refractivity contribution is 7.13. The summed E-state index contributed by atoms with van der Waals surface area (Å²) in [6.07, 6.45) is 2.68. The molecule has 2 aromatic carbocycles. The molecule has 0 saturated heterocycles. The Hall–Kier alpha value is -3.05. The number of carbonyl (C=O) groups is 1. The first-order valence-electron chi connectivity index (χ1n) is 9.71. The number of carbonyl (C=O) groups excluding carboxylic acids is 1. The second-order valence-electron chi connectivity index (χ2n) is 7.15. The van der Waals surface area contributed by atoms with Crippen LogP contribution in [-0.2, 0) is 13.0 Å². The smallest absolute Gasteiger partial charge is 0.266 e. The van der Waals surface area contributed by atoms with Gasteiger partial charge in [-0.1, -0.05) is 48.5 Å². The Morgan fingerprint density at radius 3 is 2.52 bits per heavy atom. The van der Waals surface area contributed by atoms with Crippen LogP contribution < -0.4 is 0 Å². The molecular weight excluding hydrogens is 378 g/mol. The van der Waals surface area contributed by atoms with Crippen molar-refractivity contribution in [2.24, 2.45) is 0 Å². The van der Waals surface area contributed by atoms with Crippen molar-refractivity contribution in [3.05, 3.63) is 93.6 Å². The van der Waals surface area contributed by atoms with E-state index in [2.05, 4.69) is 34.2 Å². The number of fused-ring (bicyclic) bond motifs is 1. The molecule has 0 atom stereocenters. The highest BCUT2D eigenvalue weighted by atomic mass is 32.1. The van der Waals surface area contributed by atoms with Gasteiger partial charge in [0.2, 0.25) is 0 Å². The highest BCUT2D eigenvalue weighted by Crippen LogP contribution is 2.22. The standard InChI is InChI=1S/C24H23N3OS/c1-17-23(29-18(2)26-17)24(28)27(13-12-19-8-4-3-5-9-19)16-20-14-21-10-6-7-11-22(21)25-15-20/h3-11,14-15H,12-13,16H2,1-2H3. The van der Waals surface area contributed by atoms with Gasteiger partial charge >= 0.3 is 0 Å². The molecule has 29 heavy (non-hydrogen) atoms. The summed E-state index contributed by atoms with van der Waals surface area (Å²) in [6, 6.07) is 20.4. The van der Waals surface area contributed by atoms with Gasteiger partial charge in [-0.15, -0.1) is 11.3 Å². The van der Waals surface area contributed by atoms with Crippen LogP contribution >= 0.6 is 11.3 Å². The average molecular weight is 402 g/mol. The van der Waals surface area contributed by atoms with Crippen molar-refractivity contribution in [1.82, 2.24) is 14.9 Å². The molecule has 1 amide bonds. The molecule has 0 spiro atoms. The Bertz CT molecular complexity index is 1140. The van der Waals surface area contributed by atoms with Crippen molar-refractivity contribution in [2.45, 2.75) is 26.8 Å². The van der Waals surface area contributed by atoms with Gasteiger partial charge in [0.1, 0.15) is 4.88 Å². The molecular formula is C24H23N3OS. The first-order chi connectivity index (χ1) is 14.1. The van der Waals surface area contributed by atoms with Gasteiger partial charge in [0.05, 0.1) is 16.2 Å². The average Bonchev–Trinajstić information content (AvgIpc) is 3.09. The fraction of sp³-hybridized carbons (Fsp3) is 0.208. The number of aromatic nitrogens is 2. The van der Waals surface area contributed by atoms with Crippen LogP contribution in [0.2, 0.25) is 0 Å². The number of pyridine rings is 1. The predicted octanol–water partition coefficient (Wildman–Crippen LogP) is 5.19. The minimum atomic E-state index is 0.0391. The third kappa shape index (κ3) is 4.51. The van der Waals surface area contributed by atoms with Crippen molar-refractivity contribution in [3.8, 4) is 0 Å². The highest BCUT2D eigenvalue weighted by Gasteiger charge is 2.21. The topological polar surface area (TPSA) is 46.1 Å². The number of amides is 1. The lowest BCUT2D eigenvalue weighted by Crippen LogP contribution is -2.32. The maximum absolute atomic E-state index is 13.3. The van der Waals surface area contributed by atoms with Gasteiger partial charge in [0, 0.05) is 24.7 Å². The predicted molar refractivity (Wildman–Crippen MR) is 118 cm³/mol. The van der Waals surface area contributed by atoms with Crippen LogP contribution in [-0.4, -0.2) is 27.3 Å². The number of nitrogens with zero attached hydrogens (tertiary/aromatic N) is 3. The summed E-state index contributed by atoms with van der Waals surface area (Å²) in [5.41, 5.74) is 4.02. The minimum absolute atomic E-state index is 0.0391. The third-order valence-electron chi connectivity index (χ3n) is 4.92. The summed E-state index contributed by atoms with van der Waals surface area (Å²) in [5, 5.41) is 2.01. The molecule has 4 aromatic rings. The Kier molecular flexibility index (Phi) is 5.67. The summed E-state index contributed by atoms with van der Waals surface area (Å²) in [7, 11) is 0. The van der Waals surface area contributed by atoms with Crippen LogP contribution in [0.4, 0.5) is 0 Å². The fourth-order valence-electron chi connectivity index (χ4n) is 3.46. The van der Waals surface area contributed by atoms with E-state index in [0.717, 1.165) is 38.5 Å². The SMILES string of the molecule is Cc1nc(C)c(C(=O)N(CCc2ccccc2)Cc2cnc3ccccc3c2)s1. The number of hydrogen-bond acceptors (Lipinski definition) is 4. The van der Waals surface area contributed by atoms with Crippen LogP contribution in [0.5, 0.6) is 0 Å². The van der Waals surface area contributed by atoms with Gasteiger partial charge in [-0.2, -0.15) is 0 Å². The van der Waals surface area contributed by atoms with Crippen LogP contribution in [0, 0.1) is 13.8 Å². The summed E-state index contributed by atoms with van der Waals surface area (Å²) >= 11 is 1.47. The molecule has 2 heterocycles. The summed E-state index contributed by atoms with van der Waals surface area (Å²) in [6.45, 7) is 5.02. The van der Waals surface area contributed by atoms with Crippen molar-refractivity contribution in [1.29, 1.82) is 0 Å². The molecule has 4 nitrogen and oxygen atoms in total. The molecule has 0 aliphatic heterocycles. The van der Waals surface area contributed by atoms with E-state index >= 15 is 0 Å². The zero-order chi connectivity index (χ0) is 20.2. The lowest BCUT2D eigenvalue weighted by molar-refractivity contribution is 0.0749. The van der Waals surface area contributed by atoms with Gasteiger partial charge in [-0.3, -0.25) is 9.78 Å². The Balaban J connectivity index is 1.60. The van der Waals surface area contributed by atoms with E-state index in [-0.39, 0.29) is 5.91 Å². The van der Waals surface area contributed by atoms with Crippen LogP contribution in [0.3, 0.4) is 0 Å². The number of thiazole rings is 1. The van der Waals surface area contributed by atoms with E-state index in [9.17, 15) is 4.79 Å². The molecule has 0 fully saturated rings. The third-order valence-corrected chi connectivity index (χ3v) is 5.98. The van der Waals surface area contributed by atoms with Gasteiger partial charge in [0.15, 0.2) is 0 Å². The molecule has 0 radical (unpaired) electrons. The van der Waals surface area contributed by atoms with Gasteiger partial charge < -0.3 is 4.90 Å². The molecule has 5 heteroatoms. The van der Waals surface area contributed by atoms with Gasteiger partial charge in [-0.05, 0) is 43.5 Å². The number of hydrogen-bond donors (Lipinski definition) is 0. The zero-order valence-electron chi connectivity index (χ0n) is 16.6. The van der Waals surface area contributed by atoms with Gasteiger partial charge in [0.25, 0.3) is 5.91 Å². The normalized spacial score (nSPS) is 11.0. The van der Waals surface area contributed by atoms with Crippen molar-refractivity contribution < 1.29 is 4.79 Å². The van der Waals surface area contributed by atoms with E-state index in [1.807, 2.05) is 61.3 Å². The quantitative estimate of drug-likeness (QED) is 0.446. The Morgan fingerprint density at radius 1 is 1.00 bits per heavy atom. The number of para-hydroxylation sites is 1. The molecule has 146 valence electrons. The minimum Gasteiger partial charge on any atom is -0.333 e. The molecule has 0 N–H and O–H groups in total. The van der Waals surface area contributed by atoms with E-state index in [1.54, 1.807) is 0 Å². The molecule has 0 aliphatic rings. The lowest BCUT2D eigenvalue weighted by atomic mass is 10.1. The summed E-state index contributed by atoms with van der Waals surface area (Å²) < 4.78 is 0. The summed E-state index contributed by atoms with van der Waals surface area (Å²) in [4.78, 5) is 25.0. The largest absolute Gasteiger partial charge is 0.333 e. The van der Waals surface area contributed by atoms with Crippen LogP contribution in [0.25, 0.3) is 10.9 Å². The van der Waals surface area contributed by atoms with Crippen molar-refractivity contribution >= 4 is 28.1 Å². The number of rotatable bonds is 6. The number of benzene rings is 2. The van der Waals surface area contributed by atoms with E-state index in [1.165, 1.54) is 16.9 Å². The second kappa shape index (κ2) is 8.53. The zero-order valence-corrected chi connectivity index (χ0v) is 17.4. The van der Waals surface area contributed by atoms with Crippen molar-refractivity contribution in [3.63, 3.8) is 0 Å². The first-order valence-corrected chi connectivity index (χ1v) is 10.5. The molecule has 4 rings (SSSR count). The molecule has 0 aliphatic carbocycles. The first kappa shape index (κ1) is 19.3. The van der Waals surface area contributed by atoms with Crippen LogP contribution in [0.15, 0.2) is 66.9 Å². The van der Waals surface area contributed by atoms with E-state index in [4.69, 9.17) is 0 Å². The molecule has 0 saturated carbocycles. The van der Waals surface area contributed by atoms with E-state index < -0.39 is 0 Å². The lowest BCUT2D eigenvalue weighted by Gasteiger charge is -2.23. The monoisotopic (exact) mass is 401 g/mol. The maximum atomic E-state index is 13.3. The molecule has 0 unspecified atom stereocenters. The number of aryl methyl sites for hydroxylation is 2. The maximum Gasteiger partial charge on any atom is 0.266 e. The van der Waals surface area contributed by atoms with E-state index in [0.29, 0.717) is 13.1 Å². The Labute approximate surface area is 174 Å².